The summed E-state index contributed by atoms with van der Waals surface area (Å²) >= 11 is 0. The van der Waals surface area contributed by atoms with E-state index in [9.17, 15) is 28.3 Å². The molecular formula is C21H21F2N3O5. The predicted octanol–water partition coefficient (Wildman–Crippen LogP) is 1.74. The SMILES string of the molecule is CC[C@H]1C[C@@H]2Cn3cc(C(=O)NCc4ccc(F)cc4F)c(=O)c(O)c3C(=O)N2CO1. The van der Waals surface area contributed by atoms with Crippen LogP contribution in [-0.2, 0) is 17.8 Å². The molecule has 4 rings (SSSR count). The lowest BCUT2D eigenvalue weighted by Crippen LogP contribution is -2.54. The van der Waals surface area contributed by atoms with Crippen molar-refractivity contribution >= 4 is 11.8 Å². The van der Waals surface area contributed by atoms with Gasteiger partial charge in [0.05, 0.1) is 12.1 Å². The van der Waals surface area contributed by atoms with E-state index in [0.717, 1.165) is 12.5 Å². The molecule has 2 aromatic rings. The van der Waals surface area contributed by atoms with E-state index >= 15 is 0 Å². The molecule has 1 aromatic heterocycles. The molecule has 31 heavy (non-hydrogen) atoms. The fourth-order valence-electron chi connectivity index (χ4n) is 3.95. The number of amides is 2. The van der Waals surface area contributed by atoms with Gasteiger partial charge in [-0.15, -0.1) is 0 Å². The molecule has 8 nitrogen and oxygen atoms in total. The highest BCUT2D eigenvalue weighted by atomic mass is 19.1. The number of aromatic nitrogens is 1. The molecule has 2 aliphatic rings. The fourth-order valence-corrected chi connectivity index (χ4v) is 3.95. The topological polar surface area (TPSA) is 101 Å². The van der Waals surface area contributed by atoms with E-state index in [0.29, 0.717) is 19.0 Å². The van der Waals surface area contributed by atoms with Gasteiger partial charge in [0, 0.05) is 30.9 Å². The zero-order chi connectivity index (χ0) is 22.3. The highest BCUT2D eigenvalue weighted by molar-refractivity contribution is 5.99. The van der Waals surface area contributed by atoms with Gasteiger partial charge in [-0.2, -0.15) is 0 Å². The Hall–Kier alpha value is -3.27. The van der Waals surface area contributed by atoms with Gasteiger partial charge in [-0.1, -0.05) is 13.0 Å². The molecule has 1 aromatic carbocycles. The molecule has 2 N–H and O–H groups in total. The van der Waals surface area contributed by atoms with Crippen LogP contribution < -0.4 is 10.7 Å². The van der Waals surface area contributed by atoms with E-state index in [1.54, 1.807) is 0 Å². The Bertz CT molecular complexity index is 1120. The molecule has 0 aliphatic carbocycles. The van der Waals surface area contributed by atoms with E-state index in [2.05, 4.69) is 5.32 Å². The summed E-state index contributed by atoms with van der Waals surface area (Å²) in [6.45, 7) is 2.06. The predicted molar refractivity (Wildman–Crippen MR) is 105 cm³/mol. The maximum Gasteiger partial charge on any atom is 0.276 e. The van der Waals surface area contributed by atoms with Crippen molar-refractivity contribution in [3.8, 4) is 5.75 Å². The Balaban J connectivity index is 1.60. The number of rotatable bonds is 4. The van der Waals surface area contributed by atoms with Crippen LogP contribution in [0.4, 0.5) is 8.78 Å². The van der Waals surface area contributed by atoms with Crippen LogP contribution in [-0.4, -0.2) is 45.3 Å². The van der Waals surface area contributed by atoms with Crippen LogP contribution >= 0.6 is 0 Å². The zero-order valence-corrected chi connectivity index (χ0v) is 16.7. The first kappa shape index (κ1) is 21.0. The summed E-state index contributed by atoms with van der Waals surface area (Å²) in [5, 5.41) is 12.8. The van der Waals surface area contributed by atoms with Crippen molar-refractivity contribution < 1.29 is 28.2 Å². The highest BCUT2D eigenvalue weighted by Crippen LogP contribution is 2.29. The molecule has 2 atom stereocenters. The number of fused-ring (bicyclic) bond motifs is 2. The average Bonchev–Trinajstić information content (AvgIpc) is 2.74. The Morgan fingerprint density at radius 2 is 2.10 bits per heavy atom. The van der Waals surface area contributed by atoms with Crippen LogP contribution in [0.1, 0.15) is 46.2 Å². The van der Waals surface area contributed by atoms with Gasteiger partial charge in [-0.3, -0.25) is 14.4 Å². The lowest BCUT2D eigenvalue weighted by molar-refractivity contribution is -0.0884. The third-order valence-corrected chi connectivity index (χ3v) is 5.71. The molecule has 10 heteroatoms. The first-order valence-corrected chi connectivity index (χ1v) is 9.91. The van der Waals surface area contributed by atoms with Crippen molar-refractivity contribution in [2.45, 2.75) is 45.0 Å². The third kappa shape index (κ3) is 3.78. The largest absolute Gasteiger partial charge is 0.503 e. The van der Waals surface area contributed by atoms with Crippen LogP contribution in [0.3, 0.4) is 0 Å². The highest BCUT2D eigenvalue weighted by Gasteiger charge is 2.39. The van der Waals surface area contributed by atoms with E-state index in [-0.39, 0.29) is 42.2 Å². The summed E-state index contributed by atoms with van der Waals surface area (Å²) in [5.74, 6) is -3.78. The number of hydrogen-bond donors (Lipinski definition) is 2. The van der Waals surface area contributed by atoms with Gasteiger partial charge >= 0.3 is 0 Å². The summed E-state index contributed by atoms with van der Waals surface area (Å²) in [5.41, 5.74) is -1.53. The van der Waals surface area contributed by atoms with Gasteiger partial charge in [0.2, 0.25) is 5.43 Å². The summed E-state index contributed by atoms with van der Waals surface area (Å²) in [7, 11) is 0. The molecule has 0 spiro atoms. The lowest BCUT2D eigenvalue weighted by atomic mass is 10.00. The van der Waals surface area contributed by atoms with Gasteiger partial charge in [-0.25, -0.2) is 8.78 Å². The van der Waals surface area contributed by atoms with Gasteiger partial charge in [0.15, 0.2) is 11.4 Å². The molecule has 1 saturated heterocycles. The van der Waals surface area contributed by atoms with E-state index in [4.69, 9.17) is 4.74 Å². The minimum Gasteiger partial charge on any atom is -0.503 e. The van der Waals surface area contributed by atoms with Crippen molar-refractivity contribution in [1.82, 2.24) is 14.8 Å². The maximum atomic E-state index is 13.8. The minimum atomic E-state index is -1.00. The van der Waals surface area contributed by atoms with Crippen molar-refractivity contribution in [3.63, 3.8) is 0 Å². The van der Waals surface area contributed by atoms with Crippen molar-refractivity contribution in [1.29, 1.82) is 0 Å². The van der Waals surface area contributed by atoms with Crippen LogP contribution in [0.15, 0.2) is 29.2 Å². The van der Waals surface area contributed by atoms with Gasteiger partial charge in [-0.05, 0) is 18.9 Å². The monoisotopic (exact) mass is 433 g/mol. The summed E-state index contributed by atoms with van der Waals surface area (Å²) in [4.78, 5) is 39.4. The normalized spacial score (nSPS) is 20.2. The van der Waals surface area contributed by atoms with Crippen LogP contribution in [0.5, 0.6) is 5.75 Å². The zero-order valence-electron chi connectivity index (χ0n) is 16.7. The number of hydrogen-bond acceptors (Lipinski definition) is 5. The fraction of sp³-hybridized carbons (Fsp3) is 0.381. The van der Waals surface area contributed by atoms with Gasteiger partial charge < -0.3 is 24.6 Å². The third-order valence-electron chi connectivity index (χ3n) is 5.71. The molecular weight excluding hydrogens is 412 g/mol. The molecule has 164 valence electrons. The summed E-state index contributed by atoms with van der Waals surface area (Å²) < 4.78 is 33.8. The first-order chi connectivity index (χ1) is 14.8. The molecule has 2 amide bonds. The first-order valence-electron chi connectivity index (χ1n) is 9.91. The molecule has 1 fully saturated rings. The molecule has 0 unspecified atom stereocenters. The lowest BCUT2D eigenvalue weighted by Gasteiger charge is -2.43. The standard InChI is InChI=1S/C21H21F2N3O5/c1-2-14-6-13-8-25-9-15(18(27)19(28)17(25)21(30)26(13)10-31-14)20(29)24-7-11-3-4-12(22)5-16(11)23/h3-5,9,13-14,28H,2,6-8,10H2,1H3,(H,24,29)/t13-,14+/m1/s1. The van der Waals surface area contributed by atoms with E-state index < -0.39 is 34.6 Å². The minimum absolute atomic E-state index is 0.00282. The Morgan fingerprint density at radius 1 is 1.32 bits per heavy atom. The number of pyridine rings is 1. The quantitative estimate of drug-likeness (QED) is 0.765. The number of carbonyl (C=O) groups excluding carboxylic acids is 2. The molecule has 3 heterocycles. The average molecular weight is 433 g/mol. The van der Waals surface area contributed by atoms with Crippen LogP contribution in [0, 0.1) is 11.6 Å². The summed E-state index contributed by atoms with van der Waals surface area (Å²) in [6, 6.07) is 2.74. The van der Waals surface area contributed by atoms with Crippen molar-refractivity contribution in [2.24, 2.45) is 0 Å². The maximum absolute atomic E-state index is 13.8. The van der Waals surface area contributed by atoms with Gasteiger partial charge in [0.1, 0.15) is 23.9 Å². The molecule has 0 bridgehead atoms. The van der Waals surface area contributed by atoms with E-state index in [1.165, 1.54) is 21.7 Å². The summed E-state index contributed by atoms with van der Waals surface area (Å²) in [6.07, 6.45) is 2.62. The number of benzene rings is 1. The number of nitrogens with one attached hydrogen (secondary N) is 1. The number of aromatic hydroxyl groups is 1. The Morgan fingerprint density at radius 3 is 2.81 bits per heavy atom. The van der Waals surface area contributed by atoms with Gasteiger partial charge in [0.25, 0.3) is 11.8 Å². The van der Waals surface area contributed by atoms with Crippen molar-refractivity contribution in [2.75, 3.05) is 6.73 Å². The Kier molecular flexibility index (Phi) is 5.48. The van der Waals surface area contributed by atoms with Crippen LogP contribution in [0.25, 0.3) is 0 Å². The Labute approximate surface area is 176 Å². The molecule has 0 saturated carbocycles. The molecule has 0 radical (unpaired) electrons. The number of ether oxygens (including phenoxy) is 1. The number of nitrogens with zero attached hydrogens (tertiary/aromatic N) is 2. The van der Waals surface area contributed by atoms with Crippen molar-refractivity contribution in [3.05, 3.63) is 63.1 Å². The second-order valence-corrected chi connectivity index (χ2v) is 7.63. The second-order valence-electron chi connectivity index (χ2n) is 7.63. The number of halogens is 2. The smallest absolute Gasteiger partial charge is 0.276 e. The second kappa shape index (κ2) is 8.10. The van der Waals surface area contributed by atoms with Crippen LogP contribution in [0.2, 0.25) is 0 Å². The van der Waals surface area contributed by atoms with E-state index in [1.807, 2.05) is 6.92 Å². The molecule has 2 aliphatic heterocycles. The number of carbonyl (C=O) groups is 2.